The fourth-order valence-electron chi connectivity index (χ4n) is 1.24. The minimum Gasteiger partial charge on any atom is -0.204 e. The first-order chi connectivity index (χ1) is 7.03. The summed E-state index contributed by atoms with van der Waals surface area (Å²) in [4.78, 5) is 0. The van der Waals surface area contributed by atoms with Crippen molar-refractivity contribution in [2.75, 3.05) is 0 Å². The van der Waals surface area contributed by atoms with E-state index in [-0.39, 0.29) is 0 Å². The Morgan fingerprint density at radius 1 is 1.27 bits per heavy atom. The maximum atomic E-state index is 11.9. The first-order valence-electron chi connectivity index (χ1n) is 4.58. The Bertz CT molecular complexity index is 586. The molecule has 0 unspecified atom stereocenters. The second-order valence-electron chi connectivity index (χ2n) is 3.51. The molecule has 1 aromatic heterocycles. The lowest BCUT2D eigenvalue weighted by atomic mass is 10.3. The molecule has 6 heteroatoms. The third kappa shape index (κ3) is 1.50. The number of rotatable bonds is 2. The number of aromatic nitrogens is 3. The summed E-state index contributed by atoms with van der Waals surface area (Å²) in [6, 6.07) is 6.98. The number of hydrogen-bond donors (Lipinski definition) is 0. The molecular formula is C9H11N3O2S. The Labute approximate surface area is 87.8 Å². The molecule has 0 aliphatic carbocycles. The number of nitrogens with zero attached hydrogens (tertiary/aromatic N) is 3. The molecule has 0 spiro atoms. The van der Waals surface area contributed by atoms with Crippen LogP contribution in [0.2, 0.25) is 0 Å². The Balaban J connectivity index is 2.74. The maximum absolute atomic E-state index is 11.9. The summed E-state index contributed by atoms with van der Waals surface area (Å²) in [6.45, 7) is 3.23. The van der Waals surface area contributed by atoms with Crippen LogP contribution in [0.15, 0.2) is 24.3 Å². The quantitative estimate of drug-likeness (QED) is 0.765. The van der Waals surface area contributed by atoms with Crippen LogP contribution in [0.1, 0.15) is 13.8 Å². The van der Waals surface area contributed by atoms with Crippen LogP contribution in [0, 0.1) is 0 Å². The molecule has 0 saturated carbocycles. The van der Waals surface area contributed by atoms with Crippen LogP contribution in [0.3, 0.4) is 0 Å². The lowest BCUT2D eigenvalue weighted by Crippen LogP contribution is -2.23. The Morgan fingerprint density at radius 3 is 2.60 bits per heavy atom. The van der Waals surface area contributed by atoms with E-state index >= 15 is 0 Å². The third-order valence-corrected chi connectivity index (χ3v) is 4.10. The average molecular weight is 225 g/mol. The van der Waals surface area contributed by atoms with Crippen molar-refractivity contribution >= 4 is 21.1 Å². The molecule has 0 atom stereocenters. The second-order valence-corrected chi connectivity index (χ2v) is 5.83. The monoisotopic (exact) mass is 225 g/mol. The average Bonchev–Trinajstić information content (AvgIpc) is 2.61. The molecule has 0 aliphatic heterocycles. The van der Waals surface area contributed by atoms with Crippen molar-refractivity contribution in [3.05, 3.63) is 24.3 Å². The van der Waals surface area contributed by atoms with Gasteiger partial charge in [0.1, 0.15) is 11.0 Å². The smallest absolute Gasteiger partial charge is 0.204 e. The summed E-state index contributed by atoms with van der Waals surface area (Å²) in [5.41, 5.74) is 1.10. The summed E-state index contributed by atoms with van der Waals surface area (Å²) in [5, 5.41) is 6.96. The van der Waals surface area contributed by atoms with E-state index in [0.717, 1.165) is 4.09 Å². The van der Waals surface area contributed by atoms with E-state index in [4.69, 9.17) is 0 Å². The molecule has 0 amide bonds. The summed E-state index contributed by atoms with van der Waals surface area (Å²) >= 11 is 0. The van der Waals surface area contributed by atoms with Gasteiger partial charge in [-0.15, -0.1) is 9.19 Å². The fraction of sp³-hybridized carbons (Fsp3) is 0.333. The van der Waals surface area contributed by atoms with Gasteiger partial charge in [-0.25, -0.2) is 8.42 Å². The Kier molecular flexibility index (Phi) is 2.22. The maximum Gasteiger partial charge on any atom is 0.258 e. The van der Waals surface area contributed by atoms with Gasteiger partial charge in [0.05, 0.1) is 5.25 Å². The second kappa shape index (κ2) is 3.30. The number of para-hydroxylation sites is 1. The van der Waals surface area contributed by atoms with Gasteiger partial charge in [-0.2, -0.15) is 0 Å². The molecule has 1 heterocycles. The number of hydrogen-bond acceptors (Lipinski definition) is 4. The van der Waals surface area contributed by atoms with E-state index < -0.39 is 15.3 Å². The van der Waals surface area contributed by atoms with Gasteiger partial charge in [0.25, 0.3) is 10.0 Å². The van der Waals surface area contributed by atoms with Gasteiger partial charge in [-0.1, -0.05) is 17.3 Å². The molecule has 2 aromatic rings. The van der Waals surface area contributed by atoms with E-state index in [1.54, 1.807) is 38.1 Å². The van der Waals surface area contributed by atoms with Crippen LogP contribution in [0.4, 0.5) is 0 Å². The Morgan fingerprint density at radius 2 is 1.93 bits per heavy atom. The van der Waals surface area contributed by atoms with Crippen molar-refractivity contribution in [3.8, 4) is 0 Å². The van der Waals surface area contributed by atoms with E-state index in [2.05, 4.69) is 10.3 Å². The van der Waals surface area contributed by atoms with E-state index in [1.807, 2.05) is 0 Å². The van der Waals surface area contributed by atoms with Gasteiger partial charge in [-0.3, -0.25) is 0 Å². The zero-order valence-corrected chi connectivity index (χ0v) is 9.27. The molecule has 1 aromatic carbocycles. The third-order valence-electron chi connectivity index (χ3n) is 2.16. The molecule has 0 bridgehead atoms. The zero-order chi connectivity index (χ0) is 11.1. The molecule has 15 heavy (non-hydrogen) atoms. The molecule has 0 aliphatic rings. The van der Waals surface area contributed by atoms with Crippen molar-refractivity contribution in [3.63, 3.8) is 0 Å². The SMILES string of the molecule is CC(C)S(=O)(=O)n1nnc2ccccc21. The topological polar surface area (TPSA) is 64.8 Å². The highest BCUT2D eigenvalue weighted by molar-refractivity contribution is 7.90. The lowest BCUT2D eigenvalue weighted by Gasteiger charge is -2.06. The van der Waals surface area contributed by atoms with Crippen molar-refractivity contribution in [1.29, 1.82) is 0 Å². The highest BCUT2D eigenvalue weighted by atomic mass is 32.2. The molecule has 2 rings (SSSR count). The van der Waals surface area contributed by atoms with Gasteiger partial charge in [0, 0.05) is 0 Å². The molecule has 0 radical (unpaired) electrons. The minimum absolute atomic E-state index is 0.511. The molecular weight excluding hydrogens is 214 g/mol. The lowest BCUT2D eigenvalue weighted by molar-refractivity contribution is 0.570. The summed E-state index contributed by atoms with van der Waals surface area (Å²) in [5.74, 6) is 0. The molecule has 80 valence electrons. The first kappa shape index (κ1) is 10.1. The highest BCUT2D eigenvalue weighted by Crippen LogP contribution is 2.14. The minimum atomic E-state index is -3.42. The van der Waals surface area contributed by atoms with Crippen LogP contribution in [0.25, 0.3) is 11.0 Å². The van der Waals surface area contributed by atoms with Gasteiger partial charge >= 0.3 is 0 Å². The van der Waals surface area contributed by atoms with Crippen LogP contribution in [-0.2, 0) is 10.0 Å². The molecule has 5 nitrogen and oxygen atoms in total. The normalized spacial score (nSPS) is 12.5. The molecule has 0 fully saturated rings. The van der Waals surface area contributed by atoms with Crippen molar-refractivity contribution in [2.24, 2.45) is 0 Å². The summed E-state index contributed by atoms with van der Waals surface area (Å²) < 4.78 is 24.7. The van der Waals surface area contributed by atoms with E-state index in [1.165, 1.54) is 0 Å². The molecule has 0 N–H and O–H groups in total. The van der Waals surface area contributed by atoms with Crippen LogP contribution in [0.5, 0.6) is 0 Å². The predicted octanol–water partition coefficient (Wildman–Crippen LogP) is 1.02. The van der Waals surface area contributed by atoms with Crippen molar-refractivity contribution in [2.45, 2.75) is 19.1 Å². The summed E-state index contributed by atoms with van der Waals surface area (Å²) in [6.07, 6.45) is 0. The Hall–Kier alpha value is -1.43. The van der Waals surface area contributed by atoms with Crippen LogP contribution < -0.4 is 0 Å². The largest absolute Gasteiger partial charge is 0.258 e. The summed E-state index contributed by atoms with van der Waals surface area (Å²) in [7, 11) is -3.42. The number of fused-ring (bicyclic) bond motifs is 1. The van der Waals surface area contributed by atoms with E-state index in [0.29, 0.717) is 11.0 Å². The van der Waals surface area contributed by atoms with Gasteiger partial charge in [0.2, 0.25) is 0 Å². The number of benzene rings is 1. The predicted molar refractivity (Wildman–Crippen MR) is 57.0 cm³/mol. The van der Waals surface area contributed by atoms with Crippen LogP contribution in [-0.4, -0.2) is 28.1 Å². The standard InChI is InChI=1S/C9H11N3O2S/c1-7(2)15(13,14)12-9-6-4-3-5-8(9)10-11-12/h3-7H,1-2H3. The van der Waals surface area contributed by atoms with E-state index in [9.17, 15) is 8.42 Å². The van der Waals surface area contributed by atoms with Gasteiger partial charge < -0.3 is 0 Å². The van der Waals surface area contributed by atoms with Crippen molar-refractivity contribution in [1.82, 2.24) is 14.4 Å². The fourth-order valence-corrected chi connectivity index (χ4v) is 2.20. The van der Waals surface area contributed by atoms with Gasteiger partial charge in [0.15, 0.2) is 0 Å². The van der Waals surface area contributed by atoms with Gasteiger partial charge in [-0.05, 0) is 26.0 Å². The first-order valence-corrected chi connectivity index (χ1v) is 6.08. The zero-order valence-electron chi connectivity index (χ0n) is 8.45. The molecule has 0 saturated heterocycles. The van der Waals surface area contributed by atoms with Crippen LogP contribution >= 0.6 is 0 Å². The van der Waals surface area contributed by atoms with Crippen molar-refractivity contribution < 1.29 is 8.42 Å². The highest BCUT2D eigenvalue weighted by Gasteiger charge is 2.21.